The number of carbonyl (C=O) groups excluding carboxylic acids is 1. The van der Waals surface area contributed by atoms with Crippen LogP contribution in [0.25, 0.3) is 0 Å². The molecule has 0 saturated heterocycles. The maximum Gasteiger partial charge on any atom is 0.276 e. The Morgan fingerprint density at radius 3 is 2.30 bits per heavy atom. The Hall–Kier alpha value is -3.07. The van der Waals surface area contributed by atoms with Gasteiger partial charge in [-0.3, -0.25) is 14.3 Å². The number of para-hydroxylation sites is 1. The van der Waals surface area contributed by atoms with Gasteiger partial charge in [-0.15, -0.1) is 0 Å². The van der Waals surface area contributed by atoms with Crippen LogP contribution in [0.15, 0.2) is 77.7 Å². The van der Waals surface area contributed by atoms with Crippen LogP contribution in [-0.2, 0) is 16.6 Å². The van der Waals surface area contributed by atoms with Crippen LogP contribution in [0.3, 0.4) is 0 Å². The average molecular weight is 447 g/mol. The summed E-state index contributed by atoms with van der Waals surface area (Å²) in [7, 11) is -2.65. The number of ether oxygens (including phenoxy) is 1. The number of halogens is 1. The van der Waals surface area contributed by atoms with E-state index in [0.717, 1.165) is 4.31 Å². The van der Waals surface area contributed by atoms with Gasteiger partial charge in [-0.25, -0.2) is 13.9 Å². The number of methoxy groups -OCH3 is 1. The molecule has 0 aliphatic rings. The maximum atomic E-state index is 13.6. The lowest BCUT2D eigenvalue weighted by molar-refractivity contribution is 0.0707. The molecule has 0 aliphatic carbocycles. The van der Waals surface area contributed by atoms with Crippen molar-refractivity contribution in [3.63, 3.8) is 0 Å². The van der Waals surface area contributed by atoms with Crippen LogP contribution < -0.4 is 14.5 Å². The summed E-state index contributed by atoms with van der Waals surface area (Å²) < 4.78 is 33.3. The Bertz CT molecular complexity index is 1140. The Kier molecular flexibility index (Phi) is 6.61. The van der Waals surface area contributed by atoms with E-state index in [-0.39, 0.29) is 27.7 Å². The molecule has 30 heavy (non-hydrogen) atoms. The van der Waals surface area contributed by atoms with Crippen molar-refractivity contribution >= 4 is 33.2 Å². The number of anilines is 1. The Morgan fingerprint density at radius 1 is 1.03 bits per heavy atom. The molecule has 0 spiro atoms. The number of amides is 1. The van der Waals surface area contributed by atoms with Gasteiger partial charge in [0.2, 0.25) is 0 Å². The molecule has 156 valence electrons. The molecule has 9 heteroatoms. The second kappa shape index (κ2) is 9.17. The molecule has 0 unspecified atom stereocenters. The maximum absolute atomic E-state index is 13.6. The monoisotopic (exact) mass is 446 g/mol. The van der Waals surface area contributed by atoms with E-state index in [2.05, 4.69) is 0 Å². The molecule has 7 nitrogen and oxygen atoms in total. The summed E-state index contributed by atoms with van der Waals surface area (Å²) in [6, 6.07) is 19.1. The molecule has 0 aliphatic heterocycles. The highest BCUT2D eigenvalue weighted by Gasteiger charge is 2.30. The molecule has 0 atom stereocenters. The van der Waals surface area contributed by atoms with Gasteiger partial charge in [0.05, 0.1) is 34.8 Å². The van der Waals surface area contributed by atoms with Crippen LogP contribution in [0.1, 0.15) is 15.9 Å². The van der Waals surface area contributed by atoms with Gasteiger partial charge in [0.15, 0.2) is 0 Å². The van der Waals surface area contributed by atoms with Crippen molar-refractivity contribution in [1.82, 2.24) is 5.48 Å². The quantitative estimate of drug-likeness (QED) is 0.424. The summed E-state index contributed by atoms with van der Waals surface area (Å²) in [5.74, 6) is -0.378. The molecule has 3 aromatic rings. The van der Waals surface area contributed by atoms with Gasteiger partial charge in [0, 0.05) is 0 Å². The molecular weight excluding hydrogens is 428 g/mol. The first kappa shape index (κ1) is 21.6. The predicted molar refractivity (Wildman–Crippen MR) is 114 cm³/mol. The van der Waals surface area contributed by atoms with Gasteiger partial charge >= 0.3 is 0 Å². The van der Waals surface area contributed by atoms with Crippen molar-refractivity contribution in [2.45, 2.75) is 11.4 Å². The standard InChI is InChI=1S/C21H19ClN2O5S/c1-29-16-10-12-17(13-11-16)30(27,28)24(14-15-6-3-2-4-7-15)20-18(21(25)23-26)8-5-9-19(20)22/h2-13,26H,14H2,1H3,(H,23,25). The van der Waals surface area contributed by atoms with Crippen LogP contribution in [0, 0.1) is 0 Å². The van der Waals surface area contributed by atoms with Gasteiger partial charge in [-0.05, 0) is 42.0 Å². The molecule has 1 amide bonds. The molecule has 0 aromatic heterocycles. The van der Waals surface area contributed by atoms with E-state index in [1.807, 2.05) is 6.07 Å². The van der Waals surface area contributed by atoms with Crippen molar-refractivity contribution in [2.75, 3.05) is 11.4 Å². The van der Waals surface area contributed by atoms with E-state index in [1.165, 1.54) is 55.1 Å². The lowest BCUT2D eigenvalue weighted by atomic mass is 10.1. The van der Waals surface area contributed by atoms with E-state index in [1.54, 1.807) is 24.3 Å². The first-order valence-corrected chi connectivity index (χ1v) is 10.6. The second-order valence-corrected chi connectivity index (χ2v) is 8.52. The predicted octanol–water partition coefficient (Wildman–Crippen LogP) is 3.86. The molecule has 2 N–H and O–H groups in total. The Labute approximate surface area is 179 Å². The van der Waals surface area contributed by atoms with E-state index >= 15 is 0 Å². The zero-order valence-electron chi connectivity index (χ0n) is 15.9. The largest absolute Gasteiger partial charge is 0.497 e. The first-order chi connectivity index (χ1) is 14.4. The fraction of sp³-hybridized carbons (Fsp3) is 0.0952. The fourth-order valence-electron chi connectivity index (χ4n) is 2.92. The number of nitrogens with zero attached hydrogens (tertiary/aromatic N) is 1. The van der Waals surface area contributed by atoms with Crippen molar-refractivity contribution in [3.05, 3.63) is 88.9 Å². The molecule has 0 saturated carbocycles. The van der Waals surface area contributed by atoms with Crippen LogP contribution in [0.5, 0.6) is 5.75 Å². The van der Waals surface area contributed by atoms with Gasteiger partial charge in [-0.1, -0.05) is 48.0 Å². The number of sulfonamides is 1. The summed E-state index contributed by atoms with van der Waals surface area (Å²) in [5, 5.41) is 9.17. The molecule has 0 bridgehead atoms. The average Bonchev–Trinajstić information content (AvgIpc) is 2.77. The van der Waals surface area contributed by atoms with Crippen molar-refractivity contribution in [3.8, 4) is 5.75 Å². The van der Waals surface area contributed by atoms with Crippen LogP contribution in [0.4, 0.5) is 5.69 Å². The van der Waals surface area contributed by atoms with E-state index in [9.17, 15) is 13.2 Å². The van der Waals surface area contributed by atoms with Gasteiger partial charge in [-0.2, -0.15) is 0 Å². The number of rotatable bonds is 7. The third-order valence-corrected chi connectivity index (χ3v) is 6.46. The topological polar surface area (TPSA) is 95.9 Å². The summed E-state index contributed by atoms with van der Waals surface area (Å²) in [6.07, 6.45) is 0. The molecule has 0 heterocycles. The second-order valence-electron chi connectivity index (χ2n) is 6.25. The normalized spacial score (nSPS) is 11.0. The van der Waals surface area contributed by atoms with Crippen molar-refractivity contribution in [2.24, 2.45) is 0 Å². The lowest BCUT2D eigenvalue weighted by Crippen LogP contribution is -2.33. The highest BCUT2D eigenvalue weighted by Crippen LogP contribution is 2.35. The number of nitrogens with one attached hydrogen (secondary N) is 1. The number of benzene rings is 3. The van der Waals surface area contributed by atoms with Gasteiger partial charge < -0.3 is 4.74 Å². The molecule has 3 rings (SSSR count). The number of carbonyl (C=O) groups is 1. The summed E-state index contributed by atoms with van der Waals surface area (Å²) in [4.78, 5) is 12.2. The highest BCUT2D eigenvalue weighted by atomic mass is 35.5. The minimum atomic E-state index is -4.13. The van der Waals surface area contributed by atoms with Crippen LogP contribution in [0.2, 0.25) is 5.02 Å². The smallest absolute Gasteiger partial charge is 0.276 e. The third kappa shape index (κ3) is 4.40. The molecule has 3 aromatic carbocycles. The van der Waals surface area contributed by atoms with Crippen molar-refractivity contribution < 1.29 is 23.2 Å². The van der Waals surface area contributed by atoms with E-state index < -0.39 is 15.9 Å². The third-order valence-electron chi connectivity index (χ3n) is 4.40. The first-order valence-electron chi connectivity index (χ1n) is 8.82. The van der Waals surface area contributed by atoms with E-state index in [0.29, 0.717) is 11.3 Å². The van der Waals surface area contributed by atoms with Gasteiger partial charge in [0.25, 0.3) is 15.9 Å². The number of hydrogen-bond acceptors (Lipinski definition) is 5. The minimum absolute atomic E-state index is 0.00509. The minimum Gasteiger partial charge on any atom is -0.497 e. The van der Waals surface area contributed by atoms with Crippen molar-refractivity contribution in [1.29, 1.82) is 0 Å². The fourth-order valence-corrected chi connectivity index (χ4v) is 4.74. The number of hydroxylamine groups is 1. The summed E-state index contributed by atoms with van der Waals surface area (Å²) >= 11 is 6.34. The Morgan fingerprint density at radius 2 is 1.70 bits per heavy atom. The summed E-state index contributed by atoms with van der Waals surface area (Å²) in [6.45, 7) is -0.0787. The van der Waals surface area contributed by atoms with Crippen LogP contribution >= 0.6 is 11.6 Å². The van der Waals surface area contributed by atoms with E-state index in [4.69, 9.17) is 21.5 Å². The lowest BCUT2D eigenvalue weighted by Gasteiger charge is -2.27. The molecule has 0 radical (unpaired) electrons. The number of hydrogen-bond donors (Lipinski definition) is 2. The zero-order chi connectivity index (χ0) is 21.7. The van der Waals surface area contributed by atoms with Crippen LogP contribution in [-0.4, -0.2) is 26.6 Å². The zero-order valence-corrected chi connectivity index (χ0v) is 17.5. The highest BCUT2D eigenvalue weighted by molar-refractivity contribution is 7.92. The SMILES string of the molecule is COc1ccc(S(=O)(=O)N(Cc2ccccc2)c2c(Cl)cccc2C(=O)NO)cc1. The molecule has 0 fully saturated rings. The van der Waals surface area contributed by atoms with Gasteiger partial charge in [0.1, 0.15) is 5.75 Å². The molecular formula is C21H19ClN2O5S. The summed E-state index contributed by atoms with van der Waals surface area (Å²) in [5.41, 5.74) is 2.10. The Balaban J connectivity index is 2.20.